The van der Waals surface area contributed by atoms with E-state index in [1.807, 2.05) is 0 Å². The van der Waals surface area contributed by atoms with Gasteiger partial charge in [-0.3, -0.25) is 9.52 Å². The molecule has 0 saturated carbocycles. The van der Waals surface area contributed by atoms with Gasteiger partial charge in [0.05, 0.1) is 15.7 Å². The fourth-order valence-electron chi connectivity index (χ4n) is 1.51. The van der Waals surface area contributed by atoms with E-state index in [1.54, 1.807) is 24.3 Å². The quantitative estimate of drug-likeness (QED) is 0.904. The fraction of sp³-hybridized carbons (Fsp3) is 0.0833. The number of para-hydroxylation sites is 2. The predicted octanol–water partition coefficient (Wildman–Crippen LogP) is 3.16. The Morgan fingerprint density at radius 2 is 1.80 bits per heavy atom. The molecule has 5 nitrogen and oxygen atoms in total. The van der Waals surface area contributed by atoms with Crippen LogP contribution in [0.25, 0.3) is 0 Å². The summed E-state index contributed by atoms with van der Waals surface area (Å²) in [5.74, 6) is -0.282. The van der Waals surface area contributed by atoms with Crippen molar-refractivity contribution in [1.82, 2.24) is 0 Å². The van der Waals surface area contributed by atoms with Crippen LogP contribution >= 0.6 is 22.9 Å². The number of carbonyl (C=O) groups is 1. The number of rotatable bonds is 4. The van der Waals surface area contributed by atoms with Gasteiger partial charge in [-0.25, -0.2) is 8.42 Å². The summed E-state index contributed by atoms with van der Waals surface area (Å²) in [5.41, 5.74) is 0.693. The number of anilines is 2. The summed E-state index contributed by atoms with van der Waals surface area (Å²) in [4.78, 5) is 11.1. The second-order valence-electron chi connectivity index (χ2n) is 3.89. The van der Waals surface area contributed by atoms with Crippen molar-refractivity contribution >= 4 is 50.2 Å². The molecule has 20 heavy (non-hydrogen) atoms. The Morgan fingerprint density at radius 1 is 1.15 bits per heavy atom. The summed E-state index contributed by atoms with van der Waals surface area (Å²) in [7, 11) is -3.72. The minimum atomic E-state index is -3.72. The van der Waals surface area contributed by atoms with Crippen molar-refractivity contribution in [3.05, 3.63) is 40.7 Å². The van der Waals surface area contributed by atoms with Gasteiger partial charge >= 0.3 is 0 Å². The van der Waals surface area contributed by atoms with Gasteiger partial charge in [-0.05, 0) is 24.3 Å². The Labute approximate surface area is 125 Å². The third kappa shape index (κ3) is 3.50. The molecule has 2 aromatic rings. The van der Waals surface area contributed by atoms with Crippen LogP contribution in [0.2, 0.25) is 4.34 Å². The van der Waals surface area contributed by atoms with Crippen LogP contribution in [0.4, 0.5) is 11.4 Å². The lowest BCUT2D eigenvalue weighted by molar-refractivity contribution is -0.114. The highest BCUT2D eigenvalue weighted by Crippen LogP contribution is 2.29. The van der Waals surface area contributed by atoms with Crippen LogP contribution < -0.4 is 10.0 Å². The van der Waals surface area contributed by atoms with Crippen LogP contribution in [-0.4, -0.2) is 14.3 Å². The lowest BCUT2D eigenvalue weighted by Crippen LogP contribution is -2.14. The first-order valence-electron chi connectivity index (χ1n) is 5.53. The Kier molecular flexibility index (Phi) is 4.32. The zero-order valence-electron chi connectivity index (χ0n) is 10.4. The molecule has 1 aromatic carbocycles. The van der Waals surface area contributed by atoms with Crippen molar-refractivity contribution in [3.8, 4) is 0 Å². The molecule has 2 rings (SSSR count). The number of sulfonamides is 1. The highest BCUT2D eigenvalue weighted by atomic mass is 35.5. The summed E-state index contributed by atoms with van der Waals surface area (Å²) < 4.78 is 27.3. The standard InChI is InChI=1S/C12H11ClN2O3S2/c1-8(16)14-9-4-2-3-5-10(9)15-20(17,18)12-7-6-11(13)19-12/h2-7,15H,1H3,(H,14,16). The maximum absolute atomic E-state index is 12.2. The van der Waals surface area contributed by atoms with Gasteiger partial charge in [0.1, 0.15) is 4.21 Å². The molecule has 1 aromatic heterocycles. The van der Waals surface area contributed by atoms with Crippen molar-refractivity contribution in [2.45, 2.75) is 11.1 Å². The largest absolute Gasteiger partial charge is 0.325 e. The van der Waals surface area contributed by atoms with Gasteiger partial charge in [-0.1, -0.05) is 23.7 Å². The van der Waals surface area contributed by atoms with Crippen molar-refractivity contribution in [1.29, 1.82) is 0 Å². The fourth-order valence-corrected chi connectivity index (χ4v) is 4.07. The number of thiophene rings is 1. The van der Waals surface area contributed by atoms with Gasteiger partial charge in [0, 0.05) is 6.92 Å². The van der Waals surface area contributed by atoms with E-state index in [0.717, 1.165) is 11.3 Å². The third-order valence-electron chi connectivity index (χ3n) is 2.30. The molecular formula is C12H11ClN2O3S2. The van der Waals surface area contributed by atoms with Crippen molar-refractivity contribution < 1.29 is 13.2 Å². The van der Waals surface area contributed by atoms with Crippen molar-refractivity contribution in [3.63, 3.8) is 0 Å². The van der Waals surface area contributed by atoms with Crippen LogP contribution in [0.15, 0.2) is 40.6 Å². The molecule has 8 heteroatoms. The number of benzene rings is 1. The molecule has 0 aliphatic heterocycles. The molecule has 0 unspecified atom stereocenters. The summed E-state index contributed by atoms with van der Waals surface area (Å²) in [6, 6.07) is 9.49. The van der Waals surface area contributed by atoms with Gasteiger partial charge < -0.3 is 5.32 Å². The Bertz CT molecular complexity index is 741. The Hall–Kier alpha value is -1.57. The van der Waals surface area contributed by atoms with E-state index in [4.69, 9.17) is 11.6 Å². The van der Waals surface area contributed by atoms with E-state index in [9.17, 15) is 13.2 Å². The smallest absolute Gasteiger partial charge is 0.271 e. The molecule has 1 heterocycles. The zero-order chi connectivity index (χ0) is 14.8. The monoisotopic (exact) mass is 330 g/mol. The number of hydrogen-bond acceptors (Lipinski definition) is 4. The predicted molar refractivity (Wildman–Crippen MR) is 80.9 cm³/mol. The first-order chi connectivity index (χ1) is 9.38. The molecule has 0 saturated heterocycles. The minimum absolute atomic E-state index is 0.111. The molecule has 0 fully saturated rings. The SMILES string of the molecule is CC(=O)Nc1ccccc1NS(=O)(=O)c1ccc(Cl)s1. The van der Waals surface area contributed by atoms with E-state index >= 15 is 0 Å². The van der Waals surface area contributed by atoms with Gasteiger partial charge in [0.15, 0.2) is 0 Å². The molecule has 0 aliphatic rings. The molecule has 0 atom stereocenters. The molecule has 106 valence electrons. The van der Waals surface area contributed by atoms with Crippen LogP contribution in [-0.2, 0) is 14.8 Å². The molecule has 1 amide bonds. The number of nitrogens with one attached hydrogen (secondary N) is 2. The highest BCUT2D eigenvalue weighted by molar-refractivity contribution is 7.94. The lowest BCUT2D eigenvalue weighted by atomic mass is 10.3. The number of hydrogen-bond donors (Lipinski definition) is 2. The average molecular weight is 331 g/mol. The molecule has 0 radical (unpaired) electrons. The van der Waals surface area contributed by atoms with E-state index < -0.39 is 10.0 Å². The number of amides is 1. The molecule has 0 aliphatic carbocycles. The van der Waals surface area contributed by atoms with Gasteiger partial charge in [0.2, 0.25) is 5.91 Å². The van der Waals surface area contributed by atoms with Gasteiger partial charge in [-0.15, -0.1) is 11.3 Å². The van der Waals surface area contributed by atoms with E-state index in [-0.39, 0.29) is 10.1 Å². The summed E-state index contributed by atoms with van der Waals surface area (Å²) >= 11 is 6.70. The first-order valence-corrected chi connectivity index (χ1v) is 8.21. The summed E-state index contributed by atoms with van der Waals surface area (Å²) in [6.07, 6.45) is 0. The topological polar surface area (TPSA) is 75.3 Å². The summed E-state index contributed by atoms with van der Waals surface area (Å²) in [6.45, 7) is 1.35. The first kappa shape index (κ1) is 14.8. The maximum atomic E-state index is 12.2. The zero-order valence-corrected chi connectivity index (χ0v) is 12.8. The molecule has 2 N–H and O–H groups in total. The second-order valence-corrected chi connectivity index (χ2v) is 7.52. The van der Waals surface area contributed by atoms with Crippen molar-refractivity contribution in [2.75, 3.05) is 10.0 Å². The van der Waals surface area contributed by atoms with Crippen LogP contribution in [0, 0.1) is 0 Å². The summed E-state index contributed by atoms with van der Waals surface area (Å²) in [5, 5.41) is 2.56. The number of halogens is 1. The van der Waals surface area contributed by atoms with Gasteiger partial charge in [-0.2, -0.15) is 0 Å². The lowest BCUT2D eigenvalue weighted by Gasteiger charge is -2.11. The van der Waals surface area contributed by atoms with E-state index in [0.29, 0.717) is 15.7 Å². The molecule has 0 spiro atoms. The molecular weight excluding hydrogens is 320 g/mol. The van der Waals surface area contributed by atoms with E-state index in [2.05, 4.69) is 10.0 Å². The van der Waals surface area contributed by atoms with Crippen LogP contribution in [0.5, 0.6) is 0 Å². The number of carbonyl (C=O) groups excluding carboxylic acids is 1. The molecule has 0 bridgehead atoms. The second kappa shape index (κ2) is 5.82. The Morgan fingerprint density at radius 3 is 2.35 bits per heavy atom. The van der Waals surface area contributed by atoms with Crippen LogP contribution in [0.1, 0.15) is 6.92 Å². The highest BCUT2D eigenvalue weighted by Gasteiger charge is 2.18. The minimum Gasteiger partial charge on any atom is -0.325 e. The normalized spacial score (nSPS) is 11.1. The average Bonchev–Trinajstić information content (AvgIpc) is 2.78. The third-order valence-corrected chi connectivity index (χ3v) is 5.38. The van der Waals surface area contributed by atoms with E-state index in [1.165, 1.54) is 19.1 Å². The maximum Gasteiger partial charge on any atom is 0.271 e. The Balaban J connectivity index is 2.32. The van der Waals surface area contributed by atoms with Gasteiger partial charge in [0.25, 0.3) is 10.0 Å². The van der Waals surface area contributed by atoms with Crippen LogP contribution in [0.3, 0.4) is 0 Å². The van der Waals surface area contributed by atoms with Crippen molar-refractivity contribution in [2.24, 2.45) is 0 Å².